The lowest BCUT2D eigenvalue weighted by molar-refractivity contribution is -0.141. The summed E-state index contributed by atoms with van der Waals surface area (Å²) in [5.41, 5.74) is 5.61. The van der Waals surface area contributed by atoms with E-state index in [0.717, 1.165) is 10.7 Å². The van der Waals surface area contributed by atoms with Gasteiger partial charge in [-0.3, -0.25) is 9.48 Å². The van der Waals surface area contributed by atoms with E-state index in [9.17, 15) is 22.8 Å². The zero-order valence-corrected chi connectivity index (χ0v) is 14.5. The number of aromatic nitrogens is 2. The van der Waals surface area contributed by atoms with Crippen LogP contribution in [0.1, 0.15) is 18.5 Å². The summed E-state index contributed by atoms with van der Waals surface area (Å²) in [4.78, 5) is 25.1. The number of rotatable bonds is 3. The summed E-state index contributed by atoms with van der Waals surface area (Å²) in [6.45, 7) is 0.437. The molecular formula is C17H18F3N5O2. The van der Waals surface area contributed by atoms with Gasteiger partial charge in [-0.2, -0.15) is 18.3 Å². The van der Waals surface area contributed by atoms with Crippen molar-refractivity contribution in [1.82, 2.24) is 14.7 Å². The van der Waals surface area contributed by atoms with E-state index < -0.39 is 29.9 Å². The second-order valence-corrected chi connectivity index (χ2v) is 6.30. The molecule has 1 fully saturated rings. The molecular weight excluding hydrogens is 363 g/mol. The smallest absolute Gasteiger partial charge is 0.368 e. The van der Waals surface area contributed by atoms with Crippen LogP contribution in [0.5, 0.6) is 0 Å². The van der Waals surface area contributed by atoms with Gasteiger partial charge in [0.25, 0.3) is 0 Å². The van der Waals surface area contributed by atoms with E-state index in [-0.39, 0.29) is 0 Å². The lowest BCUT2D eigenvalue weighted by atomic mass is 10.1. The Morgan fingerprint density at radius 1 is 1.26 bits per heavy atom. The number of nitrogens with one attached hydrogen (secondary N) is 1. The third-order valence-electron chi connectivity index (χ3n) is 4.44. The highest BCUT2D eigenvalue weighted by Gasteiger charge is 2.35. The molecule has 2 aromatic rings. The molecule has 1 aromatic heterocycles. The third kappa shape index (κ3) is 3.88. The minimum atomic E-state index is -4.52. The summed E-state index contributed by atoms with van der Waals surface area (Å²) in [5.74, 6) is -0.547. The van der Waals surface area contributed by atoms with Gasteiger partial charge in [-0.05, 0) is 36.6 Å². The Bertz CT molecular complexity index is 860. The number of urea groups is 1. The Hall–Kier alpha value is -3.04. The fraction of sp³-hybridized carbons (Fsp3) is 0.353. The van der Waals surface area contributed by atoms with E-state index in [2.05, 4.69) is 10.4 Å². The number of primary amides is 1. The number of carbonyl (C=O) groups excluding carboxylic acids is 2. The first-order chi connectivity index (χ1) is 12.7. The maximum Gasteiger partial charge on any atom is 0.435 e. The summed E-state index contributed by atoms with van der Waals surface area (Å²) in [6, 6.07) is 6.22. The number of nitrogens with zero attached hydrogens (tertiary/aromatic N) is 3. The Labute approximate surface area is 152 Å². The molecule has 0 unspecified atom stereocenters. The van der Waals surface area contributed by atoms with Crippen molar-refractivity contribution in [2.75, 3.05) is 11.9 Å². The molecule has 3 rings (SSSR count). The van der Waals surface area contributed by atoms with Crippen molar-refractivity contribution in [2.45, 2.75) is 25.1 Å². The van der Waals surface area contributed by atoms with Crippen LogP contribution in [-0.2, 0) is 18.0 Å². The van der Waals surface area contributed by atoms with Crippen molar-refractivity contribution in [3.05, 3.63) is 36.0 Å². The number of likely N-dealkylation sites (tertiary alicyclic amines) is 1. The first-order valence-electron chi connectivity index (χ1n) is 8.25. The van der Waals surface area contributed by atoms with Gasteiger partial charge in [0.05, 0.1) is 5.69 Å². The number of anilines is 1. The monoisotopic (exact) mass is 381 g/mol. The third-order valence-corrected chi connectivity index (χ3v) is 4.44. The number of amides is 3. The van der Waals surface area contributed by atoms with Crippen LogP contribution in [0.3, 0.4) is 0 Å². The number of alkyl halides is 3. The van der Waals surface area contributed by atoms with Crippen LogP contribution in [0.25, 0.3) is 11.3 Å². The molecule has 0 radical (unpaired) electrons. The van der Waals surface area contributed by atoms with Gasteiger partial charge in [0.1, 0.15) is 6.04 Å². The van der Waals surface area contributed by atoms with Gasteiger partial charge < -0.3 is 16.0 Å². The summed E-state index contributed by atoms with van der Waals surface area (Å²) in [7, 11) is 1.43. The Morgan fingerprint density at radius 2 is 1.93 bits per heavy atom. The standard InChI is InChI=1S/C17H18F3N5O2/c1-24-13(9-14(23-24)17(18,19)20)10-4-6-11(7-5-10)22-16(27)25-8-2-3-12(25)15(21)26/h4-7,9,12H,2-3,8H2,1H3,(H2,21,26)(H,22,27)/t12-/m1/s1. The van der Waals surface area contributed by atoms with E-state index in [1.165, 1.54) is 11.9 Å². The molecule has 0 spiro atoms. The van der Waals surface area contributed by atoms with Crippen LogP contribution in [0.15, 0.2) is 30.3 Å². The lowest BCUT2D eigenvalue weighted by Gasteiger charge is -2.22. The highest BCUT2D eigenvalue weighted by molar-refractivity contribution is 5.94. The second kappa shape index (κ2) is 6.93. The maximum atomic E-state index is 12.8. The molecule has 7 nitrogen and oxygen atoms in total. The molecule has 2 heterocycles. The number of halogens is 3. The van der Waals surface area contributed by atoms with Gasteiger partial charge in [0.15, 0.2) is 5.69 Å². The van der Waals surface area contributed by atoms with Crippen molar-refractivity contribution >= 4 is 17.6 Å². The van der Waals surface area contributed by atoms with Gasteiger partial charge in [-0.1, -0.05) is 12.1 Å². The molecule has 1 atom stereocenters. The highest BCUT2D eigenvalue weighted by atomic mass is 19.4. The summed E-state index contributed by atoms with van der Waals surface area (Å²) in [6.07, 6.45) is -3.29. The van der Waals surface area contributed by atoms with Crippen molar-refractivity contribution in [1.29, 1.82) is 0 Å². The van der Waals surface area contributed by atoms with Crippen LogP contribution >= 0.6 is 0 Å². The minimum absolute atomic E-state index is 0.300. The molecule has 1 saturated heterocycles. The molecule has 1 aliphatic rings. The quantitative estimate of drug-likeness (QED) is 0.856. The van der Waals surface area contributed by atoms with Gasteiger partial charge in [-0.15, -0.1) is 0 Å². The number of benzene rings is 1. The van der Waals surface area contributed by atoms with Crippen LogP contribution in [0.2, 0.25) is 0 Å². The molecule has 3 amide bonds. The van der Waals surface area contributed by atoms with E-state index in [1.807, 2.05) is 0 Å². The van der Waals surface area contributed by atoms with Crippen LogP contribution in [0.4, 0.5) is 23.7 Å². The largest absolute Gasteiger partial charge is 0.435 e. The molecule has 10 heteroatoms. The van der Waals surface area contributed by atoms with Crippen LogP contribution in [-0.4, -0.2) is 39.2 Å². The normalized spacial score (nSPS) is 17.2. The van der Waals surface area contributed by atoms with Crippen molar-refractivity contribution in [2.24, 2.45) is 12.8 Å². The molecule has 0 bridgehead atoms. The lowest BCUT2D eigenvalue weighted by Crippen LogP contribution is -2.45. The van der Waals surface area contributed by atoms with Crippen molar-refractivity contribution in [3.8, 4) is 11.3 Å². The van der Waals surface area contributed by atoms with Gasteiger partial charge in [0.2, 0.25) is 5.91 Å². The molecule has 1 aromatic carbocycles. The summed E-state index contributed by atoms with van der Waals surface area (Å²) < 4.78 is 39.5. The predicted octanol–water partition coefficient (Wildman–Crippen LogP) is 2.59. The Balaban J connectivity index is 1.74. The molecule has 27 heavy (non-hydrogen) atoms. The number of hydrogen-bond donors (Lipinski definition) is 2. The van der Waals surface area contributed by atoms with Gasteiger partial charge in [0, 0.05) is 19.3 Å². The van der Waals surface area contributed by atoms with Crippen LogP contribution in [0, 0.1) is 0 Å². The van der Waals surface area contributed by atoms with E-state index in [0.29, 0.717) is 36.3 Å². The summed E-state index contributed by atoms with van der Waals surface area (Å²) >= 11 is 0. The summed E-state index contributed by atoms with van der Waals surface area (Å²) in [5, 5.41) is 6.15. The first kappa shape index (κ1) is 18.7. The van der Waals surface area contributed by atoms with Crippen molar-refractivity contribution < 1.29 is 22.8 Å². The number of nitrogens with two attached hydrogens (primary N) is 1. The second-order valence-electron chi connectivity index (χ2n) is 6.30. The first-order valence-corrected chi connectivity index (χ1v) is 8.25. The van der Waals surface area contributed by atoms with E-state index in [1.54, 1.807) is 24.3 Å². The molecule has 1 aliphatic heterocycles. The van der Waals surface area contributed by atoms with Gasteiger partial charge >= 0.3 is 12.2 Å². The maximum absolute atomic E-state index is 12.8. The SMILES string of the molecule is Cn1nc(C(F)(F)F)cc1-c1ccc(NC(=O)N2CCC[C@@H]2C(N)=O)cc1. The highest BCUT2D eigenvalue weighted by Crippen LogP contribution is 2.31. The van der Waals surface area contributed by atoms with E-state index >= 15 is 0 Å². The molecule has 0 saturated carbocycles. The van der Waals surface area contributed by atoms with Gasteiger partial charge in [-0.25, -0.2) is 4.79 Å². The number of aryl methyl sites for hydroxylation is 1. The topological polar surface area (TPSA) is 93.2 Å². The zero-order valence-electron chi connectivity index (χ0n) is 14.5. The Kier molecular flexibility index (Phi) is 4.81. The Morgan fingerprint density at radius 3 is 2.48 bits per heavy atom. The average molecular weight is 381 g/mol. The van der Waals surface area contributed by atoms with Crippen molar-refractivity contribution in [3.63, 3.8) is 0 Å². The number of hydrogen-bond acceptors (Lipinski definition) is 3. The minimum Gasteiger partial charge on any atom is -0.368 e. The average Bonchev–Trinajstić information content (AvgIpc) is 3.22. The van der Waals surface area contributed by atoms with E-state index in [4.69, 9.17) is 5.73 Å². The molecule has 3 N–H and O–H groups in total. The molecule has 0 aliphatic carbocycles. The number of carbonyl (C=O) groups is 2. The fourth-order valence-corrected chi connectivity index (χ4v) is 3.10. The molecule has 144 valence electrons. The fourth-order valence-electron chi connectivity index (χ4n) is 3.10. The zero-order chi connectivity index (χ0) is 19.8. The van der Waals surface area contributed by atoms with Crippen LogP contribution < -0.4 is 11.1 Å². The predicted molar refractivity (Wildman–Crippen MR) is 91.6 cm³/mol.